The van der Waals surface area contributed by atoms with Crippen molar-refractivity contribution >= 4 is 23.7 Å². The highest BCUT2D eigenvalue weighted by molar-refractivity contribution is 6.32. The normalized spacial score (nSPS) is 21.3. The zero-order valence-corrected chi connectivity index (χ0v) is 19.3. The number of esters is 1. The van der Waals surface area contributed by atoms with Crippen molar-refractivity contribution in [2.75, 3.05) is 26.2 Å². The number of carbonyl (C=O) groups is 2. The third-order valence-corrected chi connectivity index (χ3v) is 7.05. The third kappa shape index (κ3) is 4.28. The van der Waals surface area contributed by atoms with Gasteiger partial charge in [0.2, 0.25) is 0 Å². The maximum atomic E-state index is 13.9. The maximum Gasteiger partial charge on any atom is 0.417 e. The fourth-order valence-corrected chi connectivity index (χ4v) is 5.51. The van der Waals surface area contributed by atoms with Gasteiger partial charge in [0, 0.05) is 26.2 Å². The fraction of sp³-hybridized carbons (Fsp3) is 0.652. The number of halogens is 1. The van der Waals surface area contributed by atoms with Crippen molar-refractivity contribution in [3.63, 3.8) is 0 Å². The number of benzene rings is 1. The van der Waals surface area contributed by atoms with E-state index in [2.05, 4.69) is 5.32 Å². The Balaban J connectivity index is 2.12. The zero-order chi connectivity index (χ0) is 22.9. The Hall–Kier alpha value is -1.83. The van der Waals surface area contributed by atoms with Gasteiger partial charge in [0.25, 0.3) is 0 Å². The number of piperazine rings is 1. The lowest BCUT2D eigenvalue weighted by molar-refractivity contribution is -0.175. The monoisotopic (exact) mass is 452 g/mol. The van der Waals surface area contributed by atoms with Gasteiger partial charge < -0.3 is 25.2 Å². The predicted molar refractivity (Wildman–Crippen MR) is 118 cm³/mol. The van der Waals surface area contributed by atoms with E-state index in [1.54, 1.807) is 6.07 Å². The molecule has 172 valence electrons. The average Bonchev–Trinajstić information content (AvgIpc) is 2.71. The van der Waals surface area contributed by atoms with Gasteiger partial charge in [-0.05, 0) is 36.0 Å². The van der Waals surface area contributed by atoms with Crippen LogP contribution in [0.4, 0.5) is 4.79 Å². The van der Waals surface area contributed by atoms with E-state index in [0.717, 1.165) is 19.3 Å². The minimum absolute atomic E-state index is 0.0757. The van der Waals surface area contributed by atoms with Gasteiger partial charge in [0.15, 0.2) is 0 Å². The Bertz CT molecular complexity index is 826. The molecule has 0 radical (unpaired) electrons. The zero-order valence-electron chi connectivity index (χ0n) is 18.5. The fourth-order valence-electron chi connectivity index (χ4n) is 5.33. The number of aliphatic hydroxyl groups is 1. The largest absolute Gasteiger partial charge is 0.506 e. The van der Waals surface area contributed by atoms with E-state index in [1.807, 2.05) is 20.8 Å². The van der Waals surface area contributed by atoms with Crippen molar-refractivity contribution < 1.29 is 24.5 Å². The number of aromatic hydroxyl groups is 1. The molecule has 1 unspecified atom stereocenters. The van der Waals surface area contributed by atoms with Crippen LogP contribution in [0.25, 0.3) is 0 Å². The number of phenolic OH excluding ortho intramolecular Hbond substituents is 1. The quantitative estimate of drug-likeness (QED) is 0.478. The van der Waals surface area contributed by atoms with Crippen molar-refractivity contribution in [1.29, 1.82) is 0 Å². The van der Waals surface area contributed by atoms with Gasteiger partial charge in [-0.1, -0.05) is 57.7 Å². The summed E-state index contributed by atoms with van der Waals surface area (Å²) in [5, 5.41) is 25.2. The molecule has 1 aromatic carbocycles. The molecule has 0 aromatic heterocycles. The molecule has 0 bridgehead atoms. The van der Waals surface area contributed by atoms with Crippen LogP contribution in [0.3, 0.4) is 0 Å². The summed E-state index contributed by atoms with van der Waals surface area (Å²) in [5.41, 5.74) is -3.36. The molecule has 1 saturated carbocycles. The first-order valence-electron chi connectivity index (χ1n) is 11.0. The Kier molecular flexibility index (Phi) is 6.89. The predicted octanol–water partition coefficient (Wildman–Crippen LogP) is 3.59. The molecule has 1 amide bonds. The van der Waals surface area contributed by atoms with Gasteiger partial charge in [-0.25, -0.2) is 4.79 Å². The second-order valence-corrected chi connectivity index (χ2v) is 10.1. The Morgan fingerprint density at radius 3 is 2.29 bits per heavy atom. The van der Waals surface area contributed by atoms with Crippen LogP contribution in [0, 0.1) is 5.41 Å². The van der Waals surface area contributed by atoms with Gasteiger partial charge >= 0.3 is 12.1 Å². The standard InChI is InChI=1S/C23H33ClN2O5/c1-21(2,3)23(22(30)9-5-4-6-10-22,16-7-8-18(27)17(24)15-16)19(28)31-20(29)26-13-11-25-12-14-26/h7-8,15,25,27,30H,4-6,9-14H2,1-3H3. The number of nitrogens with zero attached hydrogens (tertiary/aromatic N) is 1. The molecule has 31 heavy (non-hydrogen) atoms. The van der Waals surface area contributed by atoms with Gasteiger partial charge in [0.05, 0.1) is 10.6 Å². The lowest BCUT2D eigenvalue weighted by Crippen LogP contribution is -2.65. The van der Waals surface area contributed by atoms with Crippen LogP contribution in [0.5, 0.6) is 5.75 Å². The molecule has 1 aromatic rings. The first-order chi connectivity index (χ1) is 14.5. The van der Waals surface area contributed by atoms with Crippen LogP contribution in [-0.4, -0.2) is 59.0 Å². The Morgan fingerprint density at radius 2 is 1.74 bits per heavy atom. The molecule has 8 heteroatoms. The molecule has 1 aliphatic carbocycles. The number of nitrogens with one attached hydrogen (secondary N) is 1. The second-order valence-electron chi connectivity index (χ2n) is 9.65. The van der Waals surface area contributed by atoms with Crippen molar-refractivity contribution in [3.8, 4) is 5.75 Å². The highest BCUT2D eigenvalue weighted by atomic mass is 35.5. The van der Waals surface area contributed by atoms with Crippen molar-refractivity contribution in [3.05, 3.63) is 28.8 Å². The lowest BCUT2D eigenvalue weighted by atomic mass is 9.51. The van der Waals surface area contributed by atoms with E-state index in [9.17, 15) is 19.8 Å². The van der Waals surface area contributed by atoms with Crippen LogP contribution in [-0.2, 0) is 14.9 Å². The van der Waals surface area contributed by atoms with Gasteiger partial charge in [-0.2, -0.15) is 0 Å². The molecule has 1 saturated heterocycles. The molecular formula is C23H33ClN2O5. The van der Waals surface area contributed by atoms with E-state index < -0.39 is 28.5 Å². The summed E-state index contributed by atoms with van der Waals surface area (Å²) < 4.78 is 5.48. The summed E-state index contributed by atoms with van der Waals surface area (Å²) in [6.45, 7) is 7.73. The van der Waals surface area contributed by atoms with Gasteiger partial charge in [-0.15, -0.1) is 0 Å². The van der Waals surface area contributed by atoms with Crippen LogP contribution in [0.2, 0.25) is 5.02 Å². The summed E-state index contributed by atoms with van der Waals surface area (Å²) in [5.74, 6) is -0.899. The van der Waals surface area contributed by atoms with Crippen LogP contribution in [0.15, 0.2) is 18.2 Å². The van der Waals surface area contributed by atoms with Crippen LogP contribution in [0.1, 0.15) is 58.4 Å². The number of hydrogen-bond donors (Lipinski definition) is 3. The molecule has 1 heterocycles. The van der Waals surface area contributed by atoms with Crippen molar-refractivity contribution in [2.45, 2.75) is 63.9 Å². The van der Waals surface area contributed by atoms with Crippen LogP contribution >= 0.6 is 11.6 Å². The molecule has 2 aliphatic rings. The van der Waals surface area contributed by atoms with Crippen molar-refractivity contribution in [1.82, 2.24) is 10.2 Å². The Morgan fingerprint density at radius 1 is 1.13 bits per heavy atom. The number of carbonyl (C=O) groups excluding carboxylic acids is 2. The number of phenols is 1. The SMILES string of the molecule is CC(C)(C)C(C(=O)OC(=O)N1CCNCC1)(c1ccc(O)c(Cl)c1)C1(O)CCCCC1. The highest BCUT2D eigenvalue weighted by Crippen LogP contribution is 2.55. The molecular weight excluding hydrogens is 420 g/mol. The third-order valence-electron chi connectivity index (χ3n) is 6.75. The van der Waals surface area contributed by atoms with Crippen LogP contribution < -0.4 is 5.32 Å². The summed E-state index contributed by atoms with van der Waals surface area (Å²) in [7, 11) is 0. The maximum absolute atomic E-state index is 13.9. The molecule has 0 spiro atoms. The molecule has 1 aliphatic heterocycles. The summed E-state index contributed by atoms with van der Waals surface area (Å²) in [6, 6.07) is 4.51. The molecule has 2 fully saturated rings. The van der Waals surface area contributed by atoms with E-state index in [4.69, 9.17) is 16.3 Å². The molecule has 3 N–H and O–H groups in total. The highest BCUT2D eigenvalue weighted by Gasteiger charge is 2.64. The lowest BCUT2D eigenvalue weighted by Gasteiger charge is -2.54. The first kappa shape index (κ1) is 23.8. The smallest absolute Gasteiger partial charge is 0.417 e. The topological polar surface area (TPSA) is 99.1 Å². The minimum atomic E-state index is -1.55. The number of rotatable bonds is 3. The average molecular weight is 453 g/mol. The minimum Gasteiger partial charge on any atom is -0.506 e. The van der Waals surface area contributed by atoms with Gasteiger partial charge in [-0.3, -0.25) is 4.79 Å². The summed E-state index contributed by atoms with van der Waals surface area (Å²) >= 11 is 6.22. The van der Waals surface area contributed by atoms with E-state index in [-0.39, 0.29) is 10.8 Å². The van der Waals surface area contributed by atoms with E-state index in [0.29, 0.717) is 44.6 Å². The van der Waals surface area contributed by atoms with E-state index in [1.165, 1.54) is 17.0 Å². The second kappa shape index (κ2) is 8.96. The van der Waals surface area contributed by atoms with Crippen molar-refractivity contribution in [2.24, 2.45) is 5.41 Å². The Labute approximate surface area is 188 Å². The number of amides is 1. The number of ether oxygens (including phenoxy) is 1. The molecule has 7 nitrogen and oxygen atoms in total. The van der Waals surface area contributed by atoms with Gasteiger partial charge in [0.1, 0.15) is 11.2 Å². The summed E-state index contributed by atoms with van der Waals surface area (Å²) in [4.78, 5) is 28.2. The van der Waals surface area contributed by atoms with E-state index >= 15 is 0 Å². The summed E-state index contributed by atoms with van der Waals surface area (Å²) in [6.07, 6.45) is 2.59. The first-order valence-corrected chi connectivity index (χ1v) is 11.3. The number of hydrogen-bond acceptors (Lipinski definition) is 6. The molecule has 1 atom stereocenters. The molecule has 3 rings (SSSR count).